The summed E-state index contributed by atoms with van der Waals surface area (Å²) in [6.07, 6.45) is 0.996. The van der Waals surface area contributed by atoms with Gasteiger partial charge in [0.05, 0.1) is 0 Å². The third-order valence-corrected chi connectivity index (χ3v) is 4.79. The summed E-state index contributed by atoms with van der Waals surface area (Å²) < 4.78 is 13.1. The van der Waals surface area contributed by atoms with E-state index in [0.717, 1.165) is 13.0 Å². The lowest BCUT2D eigenvalue weighted by Gasteiger charge is -2.35. The quantitative estimate of drug-likeness (QED) is 0.832. The lowest BCUT2D eigenvalue weighted by Crippen LogP contribution is -2.46. The summed E-state index contributed by atoms with van der Waals surface area (Å²) >= 11 is 1.79. The van der Waals surface area contributed by atoms with Gasteiger partial charge in [0.25, 0.3) is 0 Å². The Morgan fingerprint density at radius 1 is 1.20 bits per heavy atom. The van der Waals surface area contributed by atoms with Gasteiger partial charge in [-0.2, -0.15) is 0 Å². The molecule has 2 aromatic rings. The maximum Gasteiger partial charge on any atom is 0.123 e. The van der Waals surface area contributed by atoms with Crippen molar-refractivity contribution in [2.75, 3.05) is 6.54 Å². The predicted octanol–water partition coefficient (Wildman–Crippen LogP) is 4.39. The van der Waals surface area contributed by atoms with Gasteiger partial charge in [-0.25, -0.2) is 4.39 Å². The predicted molar refractivity (Wildman–Crippen MR) is 84.9 cm³/mol. The van der Waals surface area contributed by atoms with Crippen molar-refractivity contribution < 1.29 is 4.39 Å². The number of nitrogens with one attached hydrogen (secondary N) is 1. The number of halogens is 1. The van der Waals surface area contributed by atoms with Gasteiger partial charge in [-0.05, 0) is 42.1 Å². The summed E-state index contributed by atoms with van der Waals surface area (Å²) in [5.74, 6) is -0.178. The second-order valence-corrected chi connectivity index (χ2v) is 6.65. The number of hydrogen-bond acceptors (Lipinski definition) is 2. The number of rotatable bonds is 6. The molecular formula is C17H22FNS. The first kappa shape index (κ1) is 15.2. The molecule has 1 N–H and O–H groups in total. The van der Waals surface area contributed by atoms with Gasteiger partial charge in [-0.3, -0.25) is 0 Å². The standard InChI is InChI=1S/C17H22FNS/c1-4-19-16(12-15-6-5-11-20-15)17(2,3)13-7-9-14(18)10-8-13/h5-11,16,19H,4,12H2,1-3H3. The molecule has 0 saturated carbocycles. The fourth-order valence-electron chi connectivity index (χ4n) is 2.54. The van der Waals surface area contributed by atoms with Crippen LogP contribution in [0.15, 0.2) is 41.8 Å². The van der Waals surface area contributed by atoms with Crippen LogP contribution in [0, 0.1) is 5.82 Å². The largest absolute Gasteiger partial charge is 0.313 e. The van der Waals surface area contributed by atoms with Crippen LogP contribution in [0.3, 0.4) is 0 Å². The molecule has 3 heteroatoms. The Morgan fingerprint density at radius 2 is 1.90 bits per heavy atom. The zero-order valence-electron chi connectivity index (χ0n) is 12.3. The first-order valence-electron chi connectivity index (χ1n) is 7.06. The second kappa shape index (κ2) is 6.51. The van der Waals surface area contributed by atoms with Crippen LogP contribution in [0.2, 0.25) is 0 Å². The van der Waals surface area contributed by atoms with Crippen LogP contribution >= 0.6 is 11.3 Å². The third kappa shape index (κ3) is 3.47. The summed E-state index contributed by atoms with van der Waals surface area (Å²) in [4.78, 5) is 1.38. The number of benzene rings is 1. The van der Waals surface area contributed by atoms with Gasteiger partial charge in [-0.1, -0.05) is 39.0 Å². The minimum Gasteiger partial charge on any atom is -0.313 e. The average Bonchev–Trinajstić information content (AvgIpc) is 2.92. The molecule has 108 valence electrons. The molecule has 0 spiro atoms. The molecule has 1 atom stereocenters. The summed E-state index contributed by atoms with van der Waals surface area (Å²) in [7, 11) is 0. The van der Waals surface area contributed by atoms with Gasteiger partial charge >= 0.3 is 0 Å². The molecule has 0 fully saturated rings. The molecule has 1 heterocycles. The van der Waals surface area contributed by atoms with Crippen LogP contribution in [0.25, 0.3) is 0 Å². The smallest absolute Gasteiger partial charge is 0.123 e. The molecule has 0 bridgehead atoms. The average molecular weight is 291 g/mol. The fraction of sp³-hybridized carbons (Fsp3) is 0.412. The zero-order valence-corrected chi connectivity index (χ0v) is 13.1. The van der Waals surface area contributed by atoms with Gasteiger partial charge in [0.2, 0.25) is 0 Å². The third-order valence-electron chi connectivity index (χ3n) is 3.90. The van der Waals surface area contributed by atoms with E-state index in [1.165, 1.54) is 10.4 Å². The van der Waals surface area contributed by atoms with E-state index in [-0.39, 0.29) is 11.2 Å². The van der Waals surface area contributed by atoms with Crippen molar-refractivity contribution in [2.45, 2.75) is 38.6 Å². The van der Waals surface area contributed by atoms with E-state index in [4.69, 9.17) is 0 Å². The fourth-order valence-corrected chi connectivity index (χ4v) is 3.29. The van der Waals surface area contributed by atoms with E-state index in [1.54, 1.807) is 23.5 Å². The van der Waals surface area contributed by atoms with Crippen LogP contribution in [0.5, 0.6) is 0 Å². The molecule has 0 saturated heterocycles. The minimum absolute atomic E-state index is 0.0479. The van der Waals surface area contributed by atoms with E-state index >= 15 is 0 Å². The highest BCUT2D eigenvalue weighted by Gasteiger charge is 2.31. The van der Waals surface area contributed by atoms with E-state index in [9.17, 15) is 4.39 Å². The van der Waals surface area contributed by atoms with E-state index in [0.29, 0.717) is 6.04 Å². The monoisotopic (exact) mass is 291 g/mol. The highest BCUT2D eigenvalue weighted by atomic mass is 32.1. The van der Waals surface area contributed by atoms with Crippen molar-refractivity contribution >= 4 is 11.3 Å². The first-order chi connectivity index (χ1) is 9.54. The summed E-state index contributed by atoms with van der Waals surface area (Å²) in [6.45, 7) is 7.51. The van der Waals surface area contributed by atoms with Crippen LogP contribution < -0.4 is 5.32 Å². The summed E-state index contributed by atoms with van der Waals surface area (Å²) in [5.41, 5.74) is 1.12. The van der Waals surface area contributed by atoms with Crippen molar-refractivity contribution in [3.63, 3.8) is 0 Å². The Kier molecular flexibility index (Phi) is 4.95. The topological polar surface area (TPSA) is 12.0 Å². The Balaban J connectivity index is 2.23. The maximum atomic E-state index is 13.1. The minimum atomic E-state index is -0.178. The highest BCUT2D eigenvalue weighted by molar-refractivity contribution is 7.09. The molecule has 1 nitrogen and oxygen atoms in total. The van der Waals surface area contributed by atoms with Gasteiger partial charge in [0, 0.05) is 16.3 Å². The molecule has 20 heavy (non-hydrogen) atoms. The molecule has 0 aliphatic carbocycles. The molecular weight excluding hydrogens is 269 g/mol. The highest BCUT2D eigenvalue weighted by Crippen LogP contribution is 2.30. The molecule has 0 radical (unpaired) electrons. The number of thiophene rings is 1. The lowest BCUT2D eigenvalue weighted by atomic mass is 9.76. The van der Waals surface area contributed by atoms with Crippen molar-refractivity contribution in [1.82, 2.24) is 5.32 Å². The zero-order chi connectivity index (χ0) is 14.6. The van der Waals surface area contributed by atoms with Crippen molar-refractivity contribution in [3.05, 3.63) is 58.0 Å². The normalized spacial score (nSPS) is 13.4. The molecule has 1 aromatic heterocycles. The van der Waals surface area contributed by atoms with Gasteiger partial charge in [0.1, 0.15) is 5.82 Å². The van der Waals surface area contributed by atoms with Crippen LogP contribution in [-0.4, -0.2) is 12.6 Å². The molecule has 1 unspecified atom stereocenters. The van der Waals surface area contributed by atoms with Crippen molar-refractivity contribution in [3.8, 4) is 0 Å². The Morgan fingerprint density at radius 3 is 2.45 bits per heavy atom. The second-order valence-electron chi connectivity index (χ2n) is 5.62. The summed E-state index contributed by atoms with van der Waals surface area (Å²) in [6, 6.07) is 11.5. The summed E-state index contributed by atoms with van der Waals surface area (Å²) in [5, 5.41) is 5.70. The Hall–Kier alpha value is -1.19. The number of likely N-dealkylation sites (N-methyl/N-ethyl adjacent to an activating group) is 1. The molecule has 0 amide bonds. The van der Waals surface area contributed by atoms with Crippen LogP contribution in [-0.2, 0) is 11.8 Å². The molecule has 0 aliphatic rings. The lowest BCUT2D eigenvalue weighted by molar-refractivity contribution is 0.344. The molecule has 1 aromatic carbocycles. The van der Waals surface area contributed by atoms with Gasteiger partial charge in [-0.15, -0.1) is 11.3 Å². The van der Waals surface area contributed by atoms with Crippen LogP contribution in [0.4, 0.5) is 4.39 Å². The Bertz CT molecular complexity index is 516. The first-order valence-corrected chi connectivity index (χ1v) is 7.93. The van der Waals surface area contributed by atoms with Crippen molar-refractivity contribution in [1.29, 1.82) is 0 Å². The van der Waals surface area contributed by atoms with Crippen LogP contribution in [0.1, 0.15) is 31.2 Å². The Labute approximate surface area is 124 Å². The molecule has 0 aliphatic heterocycles. The van der Waals surface area contributed by atoms with Gasteiger partial charge in [0.15, 0.2) is 0 Å². The van der Waals surface area contributed by atoms with Crippen molar-refractivity contribution in [2.24, 2.45) is 0 Å². The van der Waals surface area contributed by atoms with E-state index in [1.807, 2.05) is 12.1 Å². The van der Waals surface area contributed by atoms with E-state index < -0.39 is 0 Å². The maximum absolute atomic E-state index is 13.1. The van der Waals surface area contributed by atoms with E-state index in [2.05, 4.69) is 43.6 Å². The molecule has 2 rings (SSSR count). The number of hydrogen-bond donors (Lipinski definition) is 1. The van der Waals surface area contributed by atoms with Gasteiger partial charge < -0.3 is 5.32 Å². The SMILES string of the molecule is CCNC(Cc1cccs1)C(C)(C)c1ccc(F)cc1.